The number of aryl methyl sites for hydroxylation is 2. The van der Waals surface area contributed by atoms with E-state index < -0.39 is 17.4 Å². The van der Waals surface area contributed by atoms with Gasteiger partial charge in [0.05, 0.1) is 36.7 Å². The Morgan fingerprint density at radius 1 is 1.29 bits per heavy atom. The van der Waals surface area contributed by atoms with Crippen LogP contribution in [0.25, 0.3) is 0 Å². The zero-order valence-electron chi connectivity index (χ0n) is 18.1. The van der Waals surface area contributed by atoms with Gasteiger partial charge in [0.1, 0.15) is 5.60 Å². The van der Waals surface area contributed by atoms with Crippen molar-refractivity contribution in [3.8, 4) is 0 Å². The molecule has 4 heterocycles. The van der Waals surface area contributed by atoms with Crippen molar-refractivity contribution in [3.63, 3.8) is 0 Å². The highest BCUT2D eigenvalue weighted by molar-refractivity contribution is 5.93. The highest BCUT2D eigenvalue weighted by atomic mass is 16.5. The molecule has 2 aromatic rings. The smallest absolute Gasteiger partial charge is 0.230 e. The molecule has 1 aromatic carbocycles. The molecule has 5 rings (SSSR count). The fourth-order valence-electron chi connectivity index (χ4n) is 5.24. The fourth-order valence-corrected chi connectivity index (χ4v) is 5.24. The first kappa shape index (κ1) is 19.9. The van der Waals surface area contributed by atoms with Gasteiger partial charge in [-0.15, -0.1) is 0 Å². The number of carbonyl (C=O) groups is 2. The Balaban J connectivity index is 1.37. The van der Waals surface area contributed by atoms with E-state index in [0.29, 0.717) is 19.6 Å². The standard InChI is InChI=1S/C25H27N3O3/c1-16-7-8-17(2)18(12-16)13-28-15-25-10-9-20(31-25)21(22(25)24(28)30)23(29)27(3)14-19-6-4-5-11-26-19/h4-12,20-22H,13-15H2,1-3H3/t20-,21-,22+,25-/m0/s1. The number of fused-ring (bicyclic) bond motifs is 1. The van der Waals surface area contributed by atoms with Gasteiger partial charge in [0, 0.05) is 19.8 Å². The van der Waals surface area contributed by atoms with Crippen molar-refractivity contribution in [3.05, 3.63) is 77.1 Å². The van der Waals surface area contributed by atoms with Gasteiger partial charge in [0.2, 0.25) is 11.8 Å². The minimum atomic E-state index is -0.689. The van der Waals surface area contributed by atoms with Crippen LogP contribution in [0.15, 0.2) is 54.7 Å². The number of nitrogens with zero attached hydrogens (tertiary/aromatic N) is 3. The number of aromatic nitrogens is 1. The molecule has 2 saturated heterocycles. The lowest BCUT2D eigenvalue weighted by Crippen LogP contribution is -2.44. The van der Waals surface area contributed by atoms with E-state index in [-0.39, 0.29) is 17.9 Å². The predicted octanol–water partition coefficient (Wildman–Crippen LogP) is 2.64. The second-order valence-electron chi connectivity index (χ2n) is 9.04. The van der Waals surface area contributed by atoms with E-state index in [0.717, 1.165) is 16.8 Å². The molecule has 2 bridgehead atoms. The van der Waals surface area contributed by atoms with Crippen molar-refractivity contribution >= 4 is 11.8 Å². The number of hydrogen-bond donors (Lipinski definition) is 0. The Morgan fingerprint density at radius 3 is 2.90 bits per heavy atom. The molecule has 6 nitrogen and oxygen atoms in total. The lowest BCUT2D eigenvalue weighted by molar-refractivity contribution is -0.142. The molecule has 6 heteroatoms. The molecule has 0 aliphatic carbocycles. The third kappa shape index (κ3) is 3.26. The van der Waals surface area contributed by atoms with E-state index in [9.17, 15) is 9.59 Å². The molecule has 0 saturated carbocycles. The maximum absolute atomic E-state index is 13.5. The van der Waals surface area contributed by atoms with Crippen LogP contribution in [0.2, 0.25) is 0 Å². The number of ether oxygens (including phenoxy) is 1. The van der Waals surface area contributed by atoms with Crippen LogP contribution >= 0.6 is 0 Å². The predicted molar refractivity (Wildman–Crippen MR) is 116 cm³/mol. The summed E-state index contributed by atoms with van der Waals surface area (Å²) in [6.07, 6.45) is 5.35. The molecule has 4 atom stereocenters. The van der Waals surface area contributed by atoms with Crippen LogP contribution in [0, 0.1) is 25.7 Å². The topological polar surface area (TPSA) is 62.7 Å². The zero-order valence-corrected chi connectivity index (χ0v) is 18.1. The van der Waals surface area contributed by atoms with Crippen LogP contribution in [0.5, 0.6) is 0 Å². The molecule has 1 aromatic heterocycles. The average molecular weight is 418 g/mol. The third-order valence-electron chi connectivity index (χ3n) is 6.83. The van der Waals surface area contributed by atoms with Crippen LogP contribution in [-0.2, 0) is 27.4 Å². The van der Waals surface area contributed by atoms with Crippen LogP contribution in [0.1, 0.15) is 22.4 Å². The third-order valence-corrected chi connectivity index (χ3v) is 6.83. The lowest BCUT2D eigenvalue weighted by Gasteiger charge is -2.27. The van der Waals surface area contributed by atoms with Crippen molar-refractivity contribution in [2.75, 3.05) is 13.6 Å². The van der Waals surface area contributed by atoms with Crippen molar-refractivity contribution in [2.45, 2.75) is 38.6 Å². The molecule has 31 heavy (non-hydrogen) atoms. The van der Waals surface area contributed by atoms with Crippen LogP contribution in [0.4, 0.5) is 0 Å². The molecule has 3 aliphatic heterocycles. The van der Waals surface area contributed by atoms with Gasteiger partial charge in [-0.3, -0.25) is 14.6 Å². The van der Waals surface area contributed by atoms with E-state index in [2.05, 4.69) is 37.0 Å². The molecule has 0 unspecified atom stereocenters. The number of pyridine rings is 1. The highest BCUT2D eigenvalue weighted by Crippen LogP contribution is 2.52. The minimum absolute atomic E-state index is 0.0114. The Kier molecular flexibility index (Phi) is 4.70. The second-order valence-corrected chi connectivity index (χ2v) is 9.04. The second kappa shape index (κ2) is 7.31. The Bertz CT molecular complexity index is 1070. The van der Waals surface area contributed by atoms with Gasteiger partial charge in [-0.2, -0.15) is 0 Å². The Hall–Kier alpha value is -2.99. The first-order valence-corrected chi connectivity index (χ1v) is 10.7. The summed E-state index contributed by atoms with van der Waals surface area (Å²) >= 11 is 0. The molecule has 2 fully saturated rings. The normalized spacial score (nSPS) is 28.3. The number of rotatable bonds is 5. The maximum atomic E-state index is 13.5. The van der Waals surface area contributed by atoms with Gasteiger partial charge in [0.15, 0.2) is 0 Å². The lowest BCUT2D eigenvalue weighted by atomic mass is 9.76. The molecular weight excluding hydrogens is 390 g/mol. The number of hydrogen-bond acceptors (Lipinski definition) is 4. The average Bonchev–Trinajstić information content (AvgIpc) is 3.39. The first-order chi connectivity index (χ1) is 14.9. The van der Waals surface area contributed by atoms with Crippen molar-refractivity contribution < 1.29 is 14.3 Å². The van der Waals surface area contributed by atoms with E-state index >= 15 is 0 Å². The van der Waals surface area contributed by atoms with Gasteiger partial charge in [0.25, 0.3) is 0 Å². The zero-order chi connectivity index (χ0) is 21.8. The number of benzene rings is 1. The summed E-state index contributed by atoms with van der Waals surface area (Å²) in [6.45, 7) is 5.56. The number of likely N-dealkylation sites (tertiary alicyclic amines) is 1. The van der Waals surface area contributed by atoms with Crippen LogP contribution in [0.3, 0.4) is 0 Å². The number of carbonyl (C=O) groups excluding carboxylic acids is 2. The largest absolute Gasteiger partial charge is 0.360 e. The van der Waals surface area contributed by atoms with Crippen molar-refractivity contribution in [1.29, 1.82) is 0 Å². The summed E-state index contributed by atoms with van der Waals surface area (Å²) in [5.74, 6) is -1.01. The molecular formula is C25H27N3O3. The molecule has 0 N–H and O–H groups in total. The quantitative estimate of drug-likeness (QED) is 0.702. The van der Waals surface area contributed by atoms with Crippen LogP contribution in [-0.4, -0.2) is 51.9 Å². The van der Waals surface area contributed by atoms with Gasteiger partial charge >= 0.3 is 0 Å². The molecule has 0 radical (unpaired) electrons. The number of amides is 2. The summed E-state index contributed by atoms with van der Waals surface area (Å²) in [5.41, 5.74) is 3.61. The monoisotopic (exact) mass is 417 g/mol. The maximum Gasteiger partial charge on any atom is 0.230 e. The molecule has 160 valence electrons. The molecule has 2 amide bonds. The van der Waals surface area contributed by atoms with E-state index in [1.54, 1.807) is 18.1 Å². The van der Waals surface area contributed by atoms with E-state index in [4.69, 9.17) is 4.74 Å². The summed E-state index contributed by atoms with van der Waals surface area (Å²) in [5, 5.41) is 0. The van der Waals surface area contributed by atoms with Gasteiger partial charge in [-0.05, 0) is 37.1 Å². The SMILES string of the molecule is Cc1ccc(C)c(CN2C[C@]34C=C[C@H](O3)[C@H](C(=O)N(C)Cc3ccccn3)[C@@H]4C2=O)c1. The summed E-state index contributed by atoms with van der Waals surface area (Å²) in [6, 6.07) is 12.0. The molecule has 1 spiro atoms. The van der Waals surface area contributed by atoms with Crippen molar-refractivity contribution in [2.24, 2.45) is 11.8 Å². The van der Waals surface area contributed by atoms with E-state index in [1.807, 2.05) is 35.3 Å². The highest BCUT2D eigenvalue weighted by Gasteiger charge is 2.67. The molecule has 3 aliphatic rings. The summed E-state index contributed by atoms with van der Waals surface area (Å²) < 4.78 is 6.27. The summed E-state index contributed by atoms with van der Waals surface area (Å²) in [7, 11) is 1.77. The van der Waals surface area contributed by atoms with Gasteiger partial charge in [-0.25, -0.2) is 0 Å². The van der Waals surface area contributed by atoms with E-state index in [1.165, 1.54) is 5.56 Å². The fraction of sp³-hybridized carbons (Fsp3) is 0.400. The minimum Gasteiger partial charge on any atom is -0.360 e. The Morgan fingerprint density at radius 2 is 2.13 bits per heavy atom. The summed E-state index contributed by atoms with van der Waals surface area (Å²) in [4.78, 5) is 34.7. The van der Waals surface area contributed by atoms with Crippen LogP contribution < -0.4 is 0 Å². The first-order valence-electron chi connectivity index (χ1n) is 10.7. The van der Waals surface area contributed by atoms with Crippen molar-refractivity contribution in [1.82, 2.24) is 14.8 Å². The van der Waals surface area contributed by atoms with Gasteiger partial charge < -0.3 is 14.5 Å². The van der Waals surface area contributed by atoms with Gasteiger partial charge in [-0.1, -0.05) is 42.0 Å². The Labute approximate surface area is 182 Å².